The summed E-state index contributed by atoms with van der Waals surface area (Å²) in [4.78, 5) is 30.1. The number of benzene rings is 2. The van der Waals surface area contributed by atoms with Gasteiger partial charge in [-0.05, 0) is 11.1 Å². The van der Waals surface area contributed by atoms with Gasteiger partial charge in [0.1, 0.15) is 23.9 Å². The molecular formula is C21H22ClN3O4. The number of ether oxygens (including phenoxy) is 1. The topological polar surface area (TPSA) is 89.0 Å². The summed E-state index contributed by atoms with van der Waals surface area (Å²) in [5.74, 6) is -0.336. The quantitative estimate of drug-likeness (QED) is 0.692. The van der Waals surface area contributed by atoms with Crippen LogP contribution < -0.4 is 10.6 Å². The molecule has 2 amide bonds. The van der Waals surface area contributed by atoms with Crippen LogP contribution in [0.3, 0.4) is 0 Å². The van der Waals surface area contributed by atoms with Crippen LogP contribution in [0.2, 0.25) is 0 Å². The van der Waals surface area contributed by atoms with E-state index in [1.165, 1.54) is 0 Å². The lowest BCUT2D eigenvalue weighted by Gasteiger charge is -2.20. The summed E-state index contributed by atoms with van der Waals surface area (Å²) >= 11 is 5.85. The molecule has 2 unspecified atom stereocenters. The molecular weight excluding hydrogens is 394 g/mol. The Balaban J connectivity index is 1.55. The van der Waals surface area contributed by atoms with Crippen molar-refractivity contribution in [1.29, 1.82) is 0 Å². The van der Waals surface area contributed by atoms with Crippen molar-refractivity contribution in [2.75, 3.05) is 0 Å². The zero-order valence-electron chi connectivity index (χ0n) is 15.7. The highest BCUT2D eigenvalue weighted by molar-refractivity contribution is 6.65. The average Bonchev–Trinajstić information content (AvgIpc) is 3.16. The van der Waals surface area contributed by atoms with E-state index in [1.54, 1.807) is 0 Å². The van der Waals surface area contributed by atoms with Crippen molar-refractivity contribution in [3.63, 3.8) is 0 Å². The lowest BCUT2D eigenvalue weighted by atomic mass is 10.1. The van der Waals surface area contributed by atoms with E-state index in [-0.39, 0.29) is 25.0 Å². The normalized spacial score (nSPS) is 16.3. The van der Waals surface area contributed by atoms with Gasteiger partial charge in [-0.2, -0.15) is 0 Å². The molecule has 0 bridgehead atoms. The number of hydrogen-bond donors (Lipinski definition) is 2. The SMILES string of the molecule is O=C(NC(CC1CC(Cl)=NO1)C(=O)NCc1ccccc1)OCc1ccccc1. The Kier molecular flexibility index (Phi) is 7.47. The monoisotopic (exact) mass is 415 g/mol. The van der Waals surface area contributed by atoms with Gasteiger partial charge < -0.3 is 20.2 Å². The Labute approximate surface area is 174 Å². The average molecular weight is 416 g/mol. The van der Waals surface area contributed by atoms with Crippen LogP contribution in [-0.2, 0) is 27.5 Å². The molecule has 1 aliphatic heterocycles. The van der Waals surface area contributed by atoms with Crippen molar-refractivity contribution < 1.29 is 19.2 Å². The number of amides is 2. The Morgan fingerprint density at radius 3 is 2.38 bits per heavy atom. The highest BCUT2D eigenvalue weighted by atomic mass is 35.5. The van der Waals surface area contributed by atoms with Gasteiger partial charge in [0.2, 0.25) is 5.91 Å². The van der Waals surface area contributed by atoms with Crippen LogP contribution in [0, 0.1) is 0 Å². The first-order valence-corrected chi connectivity index (χ1v) is 9.65. The predicted octanol–water partition coefficient (Wildman–Crippen LogP) is 3.33. The summed E-state index contributed by atoms with van der Waals surface area (Å²) in [6.07, 6.45) is -0.450. The summed E-state index contributed by atoms with van der Waals surface area (Å²) in [5, 5.41) is 9.47. The van der Waals surface area contributed by atoms with Crippen molar-refractivity contribution in [2.24, 2.45) is 5.16 Å². The number of halogens is 1. The van der Waals surface area contributed by atoms with Gasteiger partial charge in [-0.25, -0.2) is 4.79 Å². The maximum Gasteiger partial charge on any atom is 0.408 e. The van der Waals surface area contributed by atoms with Gasteiger partial charge in [-0.3, -0.25) is 4.79 Å². The van der Waals surface area contributed by atoms with E-state index in [9.17, 15) is 9.59 Å². The number of alkyl carbamates (subject to hydrolysis) is 1. The van der Waals surface area contributed by atoms with Crippen LogP contribution in [-0.4, -0.2) is 29.3 Å². The molecule has 0 aliphatic carbocycles. The summed E-state index contributed by atoms with van der Waals surface area (Å²) in [6.45, 7) is 0.458. The fourth-order valence-electron chi connectivity index (χ4n) is 2.83. The van der Waals surface area contributed by atoms with Crippen molar-refractivity contribution >= 4 is 28.8 Å². The number of rotatable bonds is 8. The maximum absolute atomic E-state index is 12.7. The van der Waals surface area contributed by atoms with Crippen molar-refractivity contribution in [1.82, 2.24) is 10.6 Å². The standard InChI is InChI=1S/C21H22ClN3O4/c22-19-12-17(29-25-19)11-18(20(26)23-13-15-7-3-1-4-8-15)24-21(27)28-14-16-9-5-2-6-10-16/h1-10,17-18H,11-14H2,(H,23,26)(H,24,27). The van der Waals surface area contributed by atoms with Crippen LogP contribution in [0.4, 0.5) is 4.79 Å². The van der Waals surface area contributed by atoms with Crippen LogP contribution >= 0.6 is 11.6 Å². The molecule has 0 fully saturated rings. The Morgan fingerprint density at radius 2 is 1.76 bits per heavy atom. The molecule has 0 spiro atoms. The van der Waals surface area contributed by atoms with E-state index in [4.69, 9.17) is 21.2 Å². The molecule has 0 saturated carbocycles. The number of nitrogens with zero attached hydrogens (tertiary/aromatic N) is 1. The van der Waals surface area contributed by atoms with Gasteiger partial charge >= 0.3 is 6.09 Å². The van der Waals surface area contributed by atoms with Crippen molar-refractivity contribution in [3.8, 4) is 0 Å². The molecule has 2 N–H and O–H groups in total. The molecule has 3 rings (SSSR count). The van der Waals surface area contributed by atoms with Crippen LogP contribution in [0.15, 0.2) is 65.8 Å². The summed E-state index contributed by atoms with van der Waals surface area (Å²) in [6, 6.07) is 18.0. The van der Waals surface area contributed by atoms with Gasteiger partial charge in [0.15, 0.2) is 0 Å². The van der Waals surface area contributed by atoms with Crippen molar-refractivity contribution in [3.05, 3.63) is 71.8 Å². The number of hydrogen-bond acceptors (Lipinski definition) is 5. The zero-order chi connectivity index (χ0) is 20.5. The van der Waals surface area contributed by atoms with Gasteiger partial charge in [0.05, 0.1) is 0 Å². The first-order valence-electron chi connectivity index (χ1n) is 9.27. The summed E-state index contributed by atoms with van der Waals surface area (Å²) in [7, 11) is 0. The minimum absolute atomic E-state index is 0.111. The van der Waals surface area contributed by atoms with E-state index < -0.39 is 12.1 Å². The molecule has 2 atom stereocenters. The molecule has 0 radical (unpaired) electrons. The summed E-state index contributed by atoms with van der Waals surface area (Å²) < 4.78 is 5.23. The van der Waals surface area contributed by atoms with Crippen LogP contribution in [0.5, 0.6) is 0 Å². The molecule has 0 aromatic heterocycles. The van der Waals surface area contributed by atoms with Gasteiger partial charge in [0.25, 0.3) is 0 Å². The zero-order valence-corrected chi connectivity index (χ0v) is 16.5. The van der Waals surface area contributed by atoms with E-state index in [0.717, 1.165) is 11.1 Å². The maximum atomic E-state index is 12.7. The first kappa shape index (κ1) is 20.7. The van der Waals surface area contributed by atoms with Gasteiger partial charge in [-0.1, -0.05) is 77.4 Å². The smallest absolute Gasteiger partial charge is 0.408 e. The third-order valence-corrected chi connectivity index (χ3v) is 4.55. The van der Waals surface area contributed by atoms with Gasteiger partial charge in [-0.15, -0.1) is 0 Å². The minimum atomic E-state index is -0.843. The predicted molar refractivity (Wildman–Crippen MR) is 109 cm³/mol. The molecule has 152 valence electrons. The lowest BCUT2D eigenvalue weighted by molar-refractivity contribution is -0.124. The largest absolute Gasteiger partial charge is 0.445 e. The molecule has 1 aliphatic rings. The fraction of sp³-hybridized carbons (Fsp3) is 0.286. The minimum Gasteiger partial charge on any atom is -0.445 e. The van der Waals surface area contributed by atoms with Crippen LogP contribution in [0.1, 0.15) is 24.0 Å². The van der Waals surface area contributed by atoms with Gasteiger partial charge in [0, 0.05) is 19.4 Å². The highest BCUT2D eigenvalue weighted by Gasteiger charge is 2.29. The number of carbonyl (C=O) groups is 2. The van der Waals surface area contributed by atoms with Crippen LogP contribution in [0.25, 0.3) is 0 Å². The highest BCUT2D eigenvalue weighted by Crippen LogP contribution is 2.18. The molecule has 2 aromatic rings. The van der Waals surface area contributed by atoms with E-state index in [2.05, 4.69) is 15.8 Å². The number of nitrogens with one attached hydrogen (secondary N) is 2. The lowest BCUT2D eigenvalue weighted by Crippen LogP contribution is -2.48. The first-order chi connectivity index (χ1) is 14.1. The third kappa shape index (κ3) is 6.80. The molecule has 2 aromatic carbocycles. The molecule has 0 saturated heterocycles. The second-order valence-electron chi connectivity index (χ2n) is 6.60. The summed E-state index contributed by atoms with van der Waals surface area (Å²) in [5.41, 5.74) is 1.81. The Hall–Kier alpha value is -3.06. The second kappa shape index (κ2) is 10.5. The van der Waals surface area contributed by atoms with E-state index in [1.807, 2.05) is 60.7 Å². The number of carbonyl (C=O) groups excluding carboxylic acids is 2. The molecule has 7 nitrogen and oxygen atoms in total. The molecule has 1 heterocycles. The second-order valence-corrected chi connectivity index (χ2v) is 7.03. The van der Waals surface area contributed by atoms with E-state index >= 15 is 0 Å². The third-order valence-electron chi connectivity index (χ3n) is 4.33. The molecule has 8 heteroatoms. The van der Waals surface area contributed by atoms with Crippen molar-refractivity contribution in [2.45, 2.75) is 38.1 Å². The Bertz CT molecular complexity index is 846. The number of oxime groups is 1. The molecule has 29 heavy (non-hydrogen) atoms. The fourth-order valence-corrected chi connectivity index (χ4v) is 3.04. The van der Waals surface area contributed by atoms with E-state index in [0.29, 0.717) is 18.1 Å². The Morgan fingerprint density at radius 1 is 1.10 bits per heavy atom.